The zero-order chi connectivity index (χ0) is 13.1. The molecule has 1 aromatic carbocycles. The van der Waals surface area contributed by atoms with E-state index in [9.17, 15) is 18.0 Å². The average molecular weight is 248 g/mol. The SMILES string of the molecule is COC(=O)c1cc(C)cc(OCC(F)(F)F)c1. The molecule has 1 rings (SSSR count). The molecule has 0 aliphatic rings. The molecule has 0 spiro atoms. The highest BCUT2D eigenvalue weighted by molar-refractivity contribution is 5.90. The summed E-state index contributed by atoms with van der Waals surface area (Å²) < 4.78 is 44.9. The Morgan fingerprint density at radius 3 is 2.47 bits per heavy atom. The monoisotopic (exact) mass is 248 g/mol. The first kappa shape index (κ1) is 13.3. The summed E-state index contributed by atoms with van der Waals surface area (Å²) in [5.74, 6) is -0.631. The Balaban J connectivity index is 2.86. The van der Waals surface area contributed by atoms with Gasteiger partial charge in [-0.2, -0.15) is 13.2 Å². The maximum Gasteiger partial charge on any atom is 0.422 e. The molecule has 0 aliphatic heterocycles. The second kappa shape index (κ2) is 5.07. The fourth-order valence-corrected chi connectivity index (χ4v) is 1.23. The van der Waals surface area contributed by atoms with Gasteiger partial charge in [0, 0.05) is 0 Å². The highest BCUT2D eigenvalue weighted by atomic mass is 19.4. The molecule has 94 valence electrons. The van der Waals surface area contributed by atoms with Crippen LogP contribution in [0.3, 0.4) is 0 Å². The number of carbonyl (C=O) groups is 1. The highest BCUT2D eigenvalue weighted by Crippen LogP contribution is 2.21. The Bertz CT molecular complexity index is 413. The first-order valence-electron chi connectivity index (χ1n) is 4.71. The number of ether oxygens (including phenoxy) is 2. The molecule has 3 nitrogen and oxygen atoms in total. The van der Waals surface area contributed by atoms with Crippen LogP contribution < -0.4 is 4.74 Å². The molecule has 0 N–H and O–H groups in total. The zero-order valence-electron chi connectivity index (χ0n) is 9.30. The van der Waals surface area contributed by atoms with E-state index in [-0.39, 0.29) is 11.3 Å². The number of methoxy groups -OCH3 is 1. The normalized spacial score (nSPS) is 11.1. The Hall–Kier alpha value is -1.72. The average Bonchev–Trinajstić information content (AvgIpc) is 2.23. The molecule has 0 atom stereocenters. The maximum atomic E-state index is 12.0. The summed E-state index contributed by atoms with van der Waals surface area (Å²) in [4.78, 5) is 11.2. The smallest absolute Gasteiger partial charge is 0.422 e. The number of carbonyl (C=O) groups excluding carboxylic acids is 1. The van der Waals surface area contributed by atoms with Gasteiger partial charge in [0.1, 0.15) is 5.75 Å². The van der Waals surface area contributed by atoms with Crippen LogP contribution >= 0.6 is 0 Å². The van der Waals surface area contributed by atoms with Crippen LogP contribution in [0, 0.1) is 6.92 Å². The topological polar surface area (TPSA) is 35.5 Å². The van der Waals surface area contributed by atoms with Crippen LogP contribution in [-0.4, -0.2) is 25.9 Å². The third kappa shape index (κ3) is 4.34. The lowest BCUT2D eigenvalue weighted by molar-refractivity contribution is -0.153. The molecule has 0 fully saturated rings. The number of hydrogen-bond donors (Lipinski definition) is 0. The lowest BCUT2D eigenvalue weighted by atomic mass is 10.1. The van der Waals surface area contributed by atoms with Gasteiger partial charge in [-0.05, 0) is 30.7 Å². The van der Waals surface area contributed by atoms with E-state index in [0.717, 1.165) is 0 Å². The van der Waals surface area contributed by atoms with Gasteiger partial charge in [-0.15, -0.1) is 0 Å². The predicted octanol–water partition coefficient (Wildman–Crippen LogP) is 2.72. The molecule has 0 bridgehead atoms. The van der Waals surface area contributed by atoms with Crippen molar-refractivity contribution in [2.75, 3.05) is 13.7 Å². The first-order valence-corrected chi connectivity index (χ1v) is 4.71. The molecule has 0 heterocycles. The van der Waals surface area contributed by atoms with Gasteiger partial charge in [0.2, 0.25) is 0 Å². The third-order valence-corrected chi connectivity index (χ3v) is 1.87. The zero-order valence-corrected chi connectivity index (χ0v) is 9.30. The number of hydrogen-bond acceptors (Lipinski definition) is 3. The van der Waals surface area contributed by atoms with Crippen LogP contribution in [0.15, 0.2) is 18.2 Å². The summed E-state index contributed by atoms with van der Waals surface area (Å²) in [6, 6.07) is 4.13. The van der Waals surface area contributed by atoms with E-state index in [1.54, 1.807) is 6.92 Å². The molecule has 0 saturated carbocycles. The Morgan fingerprint density at radius 1 is 1.29 bits per heavy atom. The van der Waals surface area contributed by atoms with Crippen LogP contribution in [0.5, 0.6) is 5.75 Å². The van der Waals surface area contributed by atoms with Crippen molar-refractivity contribution < 1.29 is 27.4 Å². The van der Waals surface area contributed by atoms with Gasteiger partial charge >= 0.3 is 12.1 Å². The second-order valence-electron chi connectivity index (χ2n) is 3.43. The number of benzene rings is 1. The molecule has 1 aromatic rings. The van der Waals surface area contributed by atoms with Crippen molar-refractivity contribution in [1.82, 2.24) is 0 Å². The summed E-state index contributed by atoms with van der Waals surface area (Å²) in [7, 11) is 1.20. The Morgan fingerprint density at radius 2 is 1.94 bits per heavy atom. The quantitative estimate of drug-likeness (QED) is 0.771. The van der Waals surface area contributed by atoms with Crippen LogP contribution in [0.2, 0.25) is 0 Å². The van der Waals surface area contributed by atoms with Gasteiger partial charge in [-0.1, -0.05) is 0 Å². The Labute approximate surface area is 96.1 Å². The minimum absolute atomic E-state index is 0.0114. The summed E-state index contributed by atoms with van der Waals surface area (Å²) >= 11 is 0. The molecule has 0 unspecified atom stereocenters. The van der Waals surface area contributed by atoms with E-state index in [1.165, 1.54) is 25.3 Å². The van der Waals surface area contributed by atoms with Crippen molar-refractivity contribution in [2.45, 2.75) is 13.1 Å². The molecular weight excluding hydrogens is 237 g/mol. The van der Waals surface area contributed by atoms with Crippen molar-refractivity contribution in [3.63, 3.8) is 0 Å². The molecule has 0 amide bonds. The van der Waals surface area contributed by atoms with Gasteiger partial charge in [-0.25, -0.2) is 4.79 Å². The summed E-state index contributed by atoms with van der Waals surface area (Å²) in [6.45, 7) is 0.254. The van der Waals surface area contributed by atoms with Crippen molar-refractivity contribution >= 4 is 5.97 Å². The van der Waals surface area contributed by atoms with E-state index in [0.29, 0.717) is 5.56 Å². The lowest BCUT2D eigenvalue weighted by Gasteiger charge is -2.10. The summed E-state index contributed by atoms with van der Waals surface area (Å²) in [5, 5.41) is 0. The van der Waals surface area contributed by atoms with Gasteiger partial charge in [0.05, 0.1) is 12.7 Å². The van der Waals surface area contributed by atoms with Gasteiger partial charge in [0.25, 0.3) is 0 Å². The van der Waals surface area contributed by atoms with E-state index < -0.39 is 18.8 Å². The Kier molecular flexibility index (Phi) is 3.98. The minimum atomic E-state index is -4.41. The molecule has 0 aliphatic carbocycles. The number of aryl methyl sites for hydroxylation is 1. The van der Waals surface area contributed by atoms with Crippen molar-refractivity contribution in [3.05, 3.63) is 29.3 Å². The van der Waals surface area contributed by atoms with Crippen LogP contribution in [0.1, 0.15) is 15.9 Å². The van der Waals surface area contributed by atoms with Gasteiger partial charge < -0.3 is 9.47 Å². The molecular formula is C11H11F3O3. The minimum Gasteiger partial charge on any atom is -0.484 e. The second-order valence-corrected chi connectivity index (χ2v) is 3.43. The fourth-order valence-electron chi connectivity index (χ4n) is 1.23. The van der Waals surface area contributed by atoms with Crippen LogP contribution in [0.25, 0.3) is 0 Å². The number of alkyl halides is 3. The predicted molar refractivity (Wildman–Crippen MR) is 54.1 cm³/mol. The van der Waals surface area contributed by atoms with Gasteiger partial charge in [0.15, 0.2) is 6.61 Å². The number of halogens is 3. The van der Waals surface area contributed by atoms with E-state index >= 15 is 0 Å². The highest BCUT2D eigenvalue weighted by Gasteiger charge is 2.28. The molecule has 0 saturated heterocycles. The molecule has 0 radical (unpaired) electrons. The summed E-state index contributed by atoms with van der Waals surface area (Å²) in [5.41, 5.74) is 0.773. The lowest BCUT2D eigenvalue weighted by Crippen LogP contribution is -2.19. The van der Waals surface area contributed by atoms with Gasteiger partial charge in [-0.3, -0.25) is 0 Å². The third-order valence-electron chi connectivity index (χ3n) is 1.87. The van der Waals surface area contributed by atoms with Crippen LogP contribution in [-0.2, 0) is 4.74 Å². The van der Waals surface area contributed by atoms with Crippen molar-refractivity contribution in [3.8, 4) is 5.75 Å². The van der Waals surface area contributed by atoms with E-state index in [2.05, 4.69) is 9.47 Å². The van der Waals surface area contributed by atoms with Crippen molar-refractivity contribution in [2.24, 2.45) is 0 Å². The molecule has 6 heteroatoms. The van der Waals surface area contributed by atoms with E-state index in [1.807, 2.05) is 0 Å². The number of esters is 1. The molecule has 0 aromatic heterocycles. The molecule has 17 heavy (non-hydrogen) atoms. The standard InChI is InChI=1S/C11H11F3O3/c1-7-3-8(10(15)16-2)5-9(4-7)17-6-11(12,13)14/h3-5H,6H2,1-2H3. The van der Waals surface area contributed by atoms with Crippen LogP contribution in [0.4, 0.5) is 13.2 Å². The summed E-state index contributed by atoms with van der Waals surface area (Å²) in [6.07, 6.45) is -4.41. The number of rotatable bonds is 3. The first-order chi connectivity index (χ1) is 7.81. The maximum absolute atomic E-state index is 12.0. The fraction of sp³-hybridized carbons (Fsp3) is 0.364. The largest absolute Gasteiger partial charge is 0.484 e. The van der Waals surface area contributed by atoms with E-state index in [4.69, 9.17) is 0 Å². The van der Waals surface area contributed by atoms with Crippen molar-refractivity contribution in [1.29, 1.82) is 0 Å².